The Morgan fingerprint density at radius 2 is 2.06 bits per heavy atom. The third kappa shape index (κ3) is 5.63. The first kappa shape index (κ1) is 25.8. The van der Waals surface area contributed by atoms with Crippen molar-refractivity contribution in [3.05, 3.63) is 53.1 Å². The molecule has 2 heterocycles. The Kier molecular flexibility index (Phi) is 7.76. The molecule has 1 unspecified atom stereocenters. The molecule has 0 aliphatic carbocycles. The van der Waals surface area contributed by atoms with E-state index in [9.17, 15) is 19.3 Å². The van der Waals surface area contributed by atoms with E-state index in [-0.39, 0.29) is 11.6 Å². The predicted octanol–water partition coefficient (Wildman–Crippen LogP) is 0.156. The molecule has 1 saturated heterocycles. The predicted molar refractivity (Wildman–Crippen MR) is 121 cm³/mol. The lowest BCUT2D eigenvalue weighted by Gasteiger charge is -2.28. The van der Waals surface area contributed by atoms with Crippen molar-refractivity contribution in [3.8, 4) is 5.75 Å². The number of benzene rings is 1. The number of nitrogen functional groups attached to an aromatic ring is 1. The molecule has 3 rings (SSSR count). The second-order valence-corrected chi connectivity index (χ2v) is 9.65. The number of nitrogens with two attached hydrogens (primary N) is 2. The first-order valence-electron chi connectivity index (χ1n) is 10.3. The number of methoxy groups -OCH3 is 1. The van der Waals surface area contributed by atoms with Crippen LogP contribution in [0.15, 0.2) is 47.4 Å². The zero-order valence-electron chi connectivity index (χ0n) is 18.9. The zero-order valence-corrected chi connectivity index (χ0v) is 19.8. The molecule has 13 nitrogen and oxygen atoms in total. The van der Waals surface area contributed by atoms with Crippen molar-refractivity contribution in [1.29, 1.82) is 0 Å². The lowest BCUT2D eigenvalue weighted by atomic mass is 9.93. The fraction of sp³-hybridized carbons (Fsp3) is 0.450. The van der Waals surface area contributed by atoms with Gasteiger partial charge < -0.3 is 30.6 Å². The molecule has 1 fully saturated rings. The van der Waals surface area contributed by atoms with Crippen LogP contribution in [0.25, 0.3) is 0 Å². The first-order valence-corrected chi connectivity index (χ1v) is 11.8. The number of anilines is 1. The van der Waals surface area contributed by atoms with Gasteiger partial charge in [0.1, 0.15) is 29.8 Å². The fourth-order valence-corrected chi connectivity index (χ4v) is 4.88. The molecule has 1 aromatic carbocycles. The second-order valence-electron chi connectivity index (χ2n) is 7.95. The molecule has 0 saturated carbocycles. The number of hydrogen-bond acceptors (Lipinski definition) is 11. The number of carbonyl (C=O) groups is 1. The number of esters is 1. The molecule has 34 heavy (non-hydrogen) atoms. The molecule has 1 aliphatic rings. The molecule has 2 aromatic rings. The average Bonchev–Trinajstić information content (AvgIpc) is 3.01. The summed E-state index contributed by atoms with van der Waals surface area (Å²) in [5.41, 5.74) is 9.64. The van der Waals surface area contributed by atoms with Crippen molar-refractivity contribution in [1.82, 2.24) is 14.6 Å². The maximum Gasteiger partial charge on any atom is 0.459 e. The second kappa shape index (κ2) is 10.2. The smallest absolute Gasteiger partial charge is 0.459 e. The number of ether oxygens (including phenoxy) is 2. The number of carbonyl (C=O) groups excluding carboxylic acids is 1. The van der Waals surface area contributed by atoms with Gasteiger partial charge >= 0.3 is 19.4 Å². The van der Waals surface area contributed by atoms with E-state index in [2.05, 4.69) is 14.8 Å². The lowest BCUT2D eigenvalue weighted by Crippen LogP contribution is -2.53. The van der Waals surface area contributed by atoms with Gasteiger partial charge in [0, 0.05) is 6.20 Å². The van der Waals surface area contributed by atoms with Crippen molar-refractivity contribution >= 4 is 19.5 Å². The highest BCUT2D eigenvalue weighted by atomic mass is 31.2. The summed E-state index contributed by atoms with van der Waals surface area (Å²) < 4.78 is 36.1. The zero-order chi connectivity index (χ0) is 25.1. The Balaban J connectivity index is 1.80. The molecule has 0 radical (unpaired) electrons. The van der Waals surface area contributed by atoms with Crippen LogP contribution in [-0.4, -0.2) is 58.1 Å². The molecular formula is C20H28N5O8P. The maximum atomic E-state index is 13.5. The maximum absolute atomic E-state index is 13.5. The highest BCUT2D eigenvalue weighted by Crippen LogP contribution is 2.46. The third-order valence-corrected chi connectivity index (χ3v) is 6.86. The number of para-hydroxylation sites is 1. The quantitative estimate of drug-likeness (QED) is 0.271. The van der Waals surface area contributed by atoms with Crippen LogP contribution in [-0.2, 0) is 23.4 Å². The number of nitrogens with one attached hydrogen (secondary N) is 1. The fourth-order valence-electron chi connectivity index (χ4n) is 3.38. The highest BCUT2D eigenvalue weighted by Gasteiger charge is 2.52. The van der Waals surface area contributed by atoms with Gasteiger partial charge in [-0.05, 0) is 32.0 Å². The van der Waals surface area contributed by atoms with Gasteiger partial charge in [0.25, 0.3) is 0 Å². The summed E-state index contributed by atoms with van der Waals surface area (Å²) in [6.45, 7) is 2.46. The number of aliphatic hydroxyl groups is 1. The van der Waals surface area contributed by atoms with Crippen LogP contribution in [0.5, 0.6) is 5.75 Å². The van der Waals surface area contributed by atoms with Crippen LogP contribution in [0.3, 0.4) is 0 Å². The largest absolute Gasteiger partial charge is 0.468 e. The minimum absolute atomic E-state index is 0.0169. The molecule has 0 amide bonds. The van der Waals surface area contributed by atoms with Gasteiger partial charge in [-0.2, -0.15) is 10.1 Å². The number of aromatic nitrogens is 2. The van der Waals surface area contributed by atoms with E-state index in [1.54, 1.807) is 30.3 Å². The molecule has 186 valence electrons. The van der Waals surface area contributed by atoms with E-state index in [4.69, 9.17) is 25.3 Å². The Bertz CT molecular complexity index is 1110. The van der Waals surface area contributed by atoms with E-state index in [0.29, 0.717) is 0 Å². The number of rotatable bonds is 9. The van der Waals surface area contributed by atoms with Gasteiger partial charge in [-0.3, -0.25) is 13.9 Å². The molecular weight excluding hydrogens is 469 g/mol. The van der Waals surface area contributed by atoms with Crippen molar-refractivity contribution in [2.45, 2.75) is 43.9 Å². The van der Waals surface area contributed by atoms with Crippen molar-refractivity contribution in [3.63, 3.8) is 0 Å². The summed E-state index contributed by atoms with van der Waals surface area (Å²) in [5, 5.41) is 13.3. The summed E-state index contributed by atoms with van der Waals surface area (Å²) in [4.78, 5) is 27.8. The molecule has 0 spiro atoms. The van der Waals surface area contributed by atoms with Gasteiger partial charge in [0.2, 0.25) is 0 Å². The van der Waals surface area contributed by atoms with Crippen LogP contribution >= 0.6 is 7.75 Å². The molecule has 1 aromatic heterocycles. The molecule has 6 N–H and O–H groups in total. The first-order chi connectivity index (χ1) is 16.0. The van der Waals surface area contributed by atoms with Crippen LogP contribution in [0.4, 0.5) is 5.82 Å². The molecule has 0 bridgehead atoms. The Morgan fingerprint density at radius 3 is 2.68 bits per heavy atom. The van der Waals surface area contributed by atoms with E-state index in [1.807, 2.05) is 0 Å². The topological polar surface area (TPSA) is 190 Å². The van der Waals surface area contributed by atoms with Crippen molar-refractivity contribution in [2.75, 3.05) is 19.5 Å². The van der Waals surface area contributed by atoms with Gasteiger partial charge in [-0.1, -0.05) is 18.2 Å². The van der Waals surface area contributed by atoms with Crippen LogP contribution in [0, 0.1) is 0 Å². The van der Waals surface area contributed by atoms with Gasteiger partial charge in [0.05, 0.1) is 19.3 Å². The van der Waals surface area contributed by atoms with Gasteiger partial charge in [-0.15, -0.1) is 0 Å². The van der Waals surface area contributed by atoms with Crippen molar-refractivity contribution in [2.24, 2.45) is 5.73 Å². The van der Waals surface area contributed by atoms with E-state index < -0.39 is 56.0 Å². The number of aliphatic hydroxyl groups excluding tert-OH is 1. The molecule has 6 atom stereocenters. The average molecular weight is 497 g/mol. The third-order valence-electron chi connectivity index (χ3n) is 5.21. The highest BCUT2D eigenvalue weighted by molar-refractivity contribution is 7.52. The lowest BCUT2D eigenvalue weighted by molar-refractivity contribution is -0.142. The summed E-state index contributed by atoms with van der Waals surface area (Å²) in [5.74, 6) is -0.463. The SMILES string of the molecule is COC(=O)[C@H](C)NP(=O)(OC[C@H]1O[C@@H](n2ccc(N)nc2=O)[C@](C)(N)[C@@H]1O)Oc1ccccc1. The Labute approximate surface area is 195 Å². The Morgan fingerprint density at radius 1 is 1.38 bits per heavy atom. The summed E-state index contributed by atoms with van der Waals surface area (Å²) >= 11 is 0. The van der Waals surface area contributed by atoms with Crippen LogP contribution < -0.4 is 26.8 Å². The summed E-state index contributed by atoms with van der Waals surface area (Å²) in [7, 11) is -2.99. The number of nitrogens with zero attached hydrogens (tertiary/aromatic N) is 2. The minimum Gasteiger partial charge on any atom is -0.468 e. The van der Waals surface area contributed by atoms with Gasteiger partial charge in [-0.25, -0.2) is 9.36 Å². The monoisotopic (exact) mass is 497 g/mol. The summed E-state index contributed by atoms with van der Waals surface area (Å²) in [6.07, 6.45) is -2.20. The van der Waals surface area contributed by atoms with Crippen LogP contribution in [0.1, 0.15) is 20.1 Å². The van der Waals surface area contributed by atoms with Crippen molar-refractivity contribution < 1.29 is 33.0 Å². The summed E-state index contributed by atoms with van der Waals surface area (Å²) in [6, 6.07) is 8.51. The minimum atomic E-state index is -4.17. The van der Waals surface area contributed by atoms with E-state index in [1.165, 1.54) is 33.2 Å². The standard InChI is InChI=1S/C20H28N5O8P/c1-12(17(27)30-3)24-34(29,33-13-7-5-4-6-8-13)31-11-14-16(26)20(2,22)18(32-14)25-10-9-15(21)23-19(25)28/h4-10,12,14,16,18,26H,11,22H2,1-3H3,(H,24,29)(H2,21,23,28)/t12-,14+,16+,18+,20+,34?/m0/s1. The van der Waals surface area contributed by atoms with E-state index in [0.717, 1.165) is 4.57 Å². The molecule has 14 heteroatoms. The van der Waals surface area contributed by atoms with Gasteiger partial charge in [0.15, 0.2) is 6.23 Å². The normalized spacial score (nSPS) is 27.0. The molecule has 1 aliphatic heterocycles. The van der Waals surface area contributed by atoms with E-state index >= 15 is 0 Å². The Hall–Kier alpha value is -2.80. The number of hydrogen-bond donors (Lipinski definition) is 4. The van der Waals surface area contributed by atoms with Crippen LogP contribution in [0.2, 0.25) is 0 Å².